The molecule has 1 heterocycles. The Morgan fingerprint density at radius 2 is 1.67 bits per heavy atom. The SMILES string of the molecule is CC(=O)c1ccccc1N(C)c1nc(NC(=O)c2ccccc2)ncc1C. The summed E-state index contributed by atoms with van der Waals surface area (Å²) < 4.78 is 0. The first-order valence-electron chi connectivity index (χ1n) is 8.51. The van der Waals surface area contributed by atoms with Gasteiger partial charge in [0.15, 0.2) is 5.78 Å². The van der Waals surface area contributed by atoms with Gasteiger partial charge in [0.2, 0.25) is 5.95 Å². The molecule has 136 valence electrons. The number of amides is 1. The summed E-state index contributed by atoms with van der Waals surface area (Å²) in [5, 5.41) is 2.71. The number of anilines is 3. The molecule has 0 spiro atoms. The molecular weight excluding hydrogens is 340 g/mol. The van der Waals surface area contributed by atoms with Gasteiger partial charge in [0.1, 0.15) is 5.82 Å². The normalized spacial score (nSPS) is 10.3. The van der Waals surface area contributed by atoms with Crippen LogP contribution in [0.3, 0.4) is 0 Å². The highest BCUT2D eigenvalue weighted by Gasteiger charge is 2.16. The van der Waals surface area contributed by atoms with Crippen LogP contribution >= 0.6 is 0 Å². The predicted molar refractivity (Wildman–Crippen MR) is 106 cm³/mol. The minimum atomic E-state index is -0.280. The zero-order valence-electron chi connectivity index (χ0n) is 15.4. The van der Waals surface area contributed by atoms with E-state index in [9.17, 15) is 9.59 Å². The Balaban J connectivity index is 1.92. The second-order valence-corrected chi connectivity index (χ2v) is 6.15. The van der Waals surface area contributed by atoms with Crippen molar-refractivity contribution in [2.75, 3.05) is 17.3 Å². The molecule has 0 aliphatic rings. The molecule has 1 amide bonds. The Morgan fingerprint density at radius 3 is 2.37 bits per heavy atom. The zero-order valence-corrected chi connectivity index (χ0v) is 15.4. The number of para-hydroxylation sites is 1. The Kier molecular flexibility index (Phi) is 5.26. The van der Waals surface area contributed by atoms with E-state index in [0.717, 1.165) is 11.3 Å². The third kappa shape index (κ3) is 4.00. The molecule has 2 aromatic carbocycles. The van der Waals surface area contributed by atoms with Crippen molar-refractivity contribution in [1.82, 2.24) is 9.97 Å². The molecule has 0 radical (unpaired) electrons. The van der Waals surface area contributed by atoms with E-state index in [4.69, 9.17) is 0 Å². The number of nitrogens with zero attached hydrogens (tertiary/aromatic N) is 3. The van der Waals surface area contributed by atoms with Crippen LogP contribution in [0.25, 0.3) is 0 Å². The van der Waals surface area contributed by atoms with Crippen LogP contribution in [-0.2, 0) is 0 Å². The number of benzene rings is 2. The number of carbonyl (C=O) groups excluding carboxylic acids is 2. The summed E-state index contributed by atoms with van der Waals surface area (Å²) in [4.78, 5) is 34.8. The van der Waals surface area contributed by atoms with Gasteiger partial charge in [-0.25, -0.2) is 4.98 Å². The predicted octanol–water partition coefficient (Wildman–Crippen LogP) is 4.01. The van der Waals surface area contributed by atoms with Crippen LogP contribution in [0.15, 0.2) is 60.8 Å². The van der Waals surface area contributed by atoms with E-state index < -0.39 is 0 Å². The van der Waals surface area contributed by atoms with Crippen molar-refractivity contribution in [3.63, 3.8) is 0 Å². The summed E-state index contributed by atoms with van der Waals surface area (Å²) in [6, 6.07) is 16.2. The van der Waals surface area contributed by atoms with Crippen LogP contribution < -0.4 is 10.2 Å². The Bertz CT molecular complexity index is 986. The molecule has 1 aromatic heterocycles. The molecule has 3 rings (SSSR count). The second kappa shape index (κ2) is 7.78. The maximum absolute atomic E-state index is 12.3. The number of carbonyl (C=O) groups is 2. The van der Waals surface area contributed by atoms with E-state index in [2.05, 4.69) is 15.3 Å². The molecule has 0 unspecified atom stereocenters. The third-order valence-corrected chi connectivity index (χ3v) is 4.17. The van der Waals surface area contributed by atoms with Gasteiger partial charge in [-0.3, -0.25) is 14.9 Å². The molecule has 0 saturated carbocycles. The fourth-order valence-corrected chi connectivity index (χ4v) is 2.77. The van der Waals surface area contributed by atoms with Crippen LogP contribution in [0.1, 0.15) is 33.2 Å². The number of hydrogen-bond donors (Lipinski definition) is 1. The molecule has 0 saturated heterocycles. The smallest absolute Gasteiger partial charge is 0.258 e. The lowest BCUT2D eigenvalue weighted by molar-refractivity contribution is 0.101. The lowest BCUT2D eigenvalue weighted by Crippen LogP contribution is -2.19. The molecule has 1 N–H and O–H groups in total. The Labute approximate surface area is 157 Å². The number of hydrogen-bond acceptors (Lipinski definition) is 5. The lowest BCUT2D eigenvalue weighted by Gasteiger charge is -2.22. The molecule has 3 aromatic rings. The van der Waals surface area contributed by atoms with Gasteiger partial charge in [-0.15, -0.1) is 0 Å². The molecule has 0 fully saturated rings. The fraction of sp³-hybridized carbons (Fsp3) is 0.143. The minimum Gasteiger partial charge on any atom is -0.328 e. The molecule has 0 aliphatic heterocycles. The summed E-state index contributed by atoms with van der Waals surface area (Å²) >= 11 is 0. The van der Waals surface area contributed by atoms with E-state index in [1.54, 1.807) is 36.5 Å². The van der Waals surface area contributed by atoms with Crippen molar-refractivity contribution in [3.05, 3.63) is 77.5 Å². The summed E-state index contributed by atoms with van der Waals surface area (Å²) in [6.45, 7) is 3.41. The lowest BCUT2D eigenvalue weighted by atomic mass is 10.1. The van der Waals surface area contributed by atoms with E-state index >= 15 is 0 Å². The molecular formula is C21H20N4O2. The Morgan fingerprint density at radius 1 is 1.00 bits per heavy atom. The van der Waals surface area contributed by atoms with Crippen molar-refractivity contribution < 1.29 is 9.59 Å². The van der Waals surface area contributed by atoms with E-state index in [1.807, 2.05) is 43.1 Å². The summed E-state index contributed by atoms with van der Waals surface area (Å²) in [5.74, 6) is 0.512. The number of aryl methyl sites for hydroxylation is 1. The van der Waals surface area contributed by atoms with Gasteiger partial charge in [0.05, 0.1) is 5.69 Å². The monoisotopic (exact) mass is 360 g/mol. The molecule has 0 atom stereocenters. The zero-order chi connectivity index (χ0) is 19.4. The van der Waals surface area contributed by atoms with Crippen LogP contribution in [-0.4, -0.2) is 28.7 Å². The number of nitrogens with one attached hydrogen (secondary N) is 1. The molecule has 6 heteroatoms. The topological polar surface area (TPSA) is 75.2 Å². The highest BCUT2D eigenvalue weighted by molar-refractivity contribution is 6.03. The van der Waals surface area contributed by atoms with Crippen LogP contribution in [0.4, 0.5) is 17.5 Å². The minimum absolute atomic E-state index is 0.0261. The van der Waals surface area contributed by atoms with E-state index in [-0.39, 0.29) is 17.6 Å². The largest absolute Gasteiger partial charge is 0.328 e. The first-order valence-corrected chi connectivity index (χ1v) is 8.51. The quantitative estimate of drug-likeness (QED) is 0.696. The number of aromatic nitrogens is 2. The molecule has 0 bridgehead atoms. The number of rotatable bonds is 5. The standard InChI is InChI=1S/C21H20N4O2/c1-14-13-22-21(24-20(27)16-9-5-4-6-10-16)23-19(14)25(3)18-12-8-7-11-17(18)15(2)26/h4-13H,1-3H3,(H,22,23,24,27). The van der Waals surface area contributed by atoms with Gasteiger partial charge in [0.25, 0.3) is 5.91 Å². The summed E-state index contributed by atoms with van der Waals surface area (Å²) in [7, 11) is 1.83. The second-order valence-electron chi connectivity index (χ2n) is 6.15. The van der Waals surface area contributed by atoms with Gasteiger partial charge in [-0.1, -0.05) is 30.3 Å². The fourth-order valence-electron chi connectivity index (χ4n) is 2.77. The Hall–Kier alpha value is -3.54. The van der Waals surface area contributed by atoms with Crippen molar-refractivity contribution in [2.45, 2.75) is 13.8 Å². The first-order chi connectivity index (χ1) is 13.0. The highest BCUT2D eigenvalue weighted by Crippen LogP contribution is 2.28. The number of ketones is 1. The van der Waals surface area contributed by atoms with Gasteiger partial charge in [-0.05, 0) is 38.1 Å². The number of Topliss-reactive ketones (excluding diaryl/α,β-unsaturated/α-hetero) is 1. The molecule has 0 aliphatic carbocycles. The van der Waals surface area contributed by atoms with Crippen LogP contribution in [0.5, 0.6) is 0 Å². The van der Waals surface area contributed by atoms with Crippen molar-refractivity contribution >= 4 is 29.1 Å². The van der Waals surface area contributed by atoms with Crippen molar-refractivity contribution in [3.8, 4) is 0 Å². The third-order valence-electron chi connectivity index (χ3n) is 4.17. The molecule has 6 nitrogen and oxygen atoms in total. The first kappa shape index (κ1) is 18.3. The van der Waals surface area contributed by atoms with Crippen molar-refractivity contribution in [2.24, 2.45) is 0 Å². The van der Waals surface area contributed by atoms with Crippen LogP contribution in [0, 0.1) is 6.92 Å². The van der Waals surface area contributed by atoms with Crippen molar-refractivity contribution in [1.29, 1.82) is 0 Å². The van der Waals surface area contributed by atoms with Gasteiger partial charge >= 0.3 is 0 Å². The van der Waals surface area contributed by atoms with Gasteiger partial charge in [0, 0.05) is 29.9 Å². The van der Waals surface area contributed by atoms with E-state index in [1.165, 1.54) is 6.92 Å². The molecule has 27 heavy (non-hydrogen) atoms. The average Bonchev–Trinajstić information content (AvgIpc) is 2.69. The van der Waals surface area contributed by atoms with Gasteiger partial charge < -0.3 is 4.90 Å². The van der Waals surface area contributed by atoms with E-state index in [0.29, 0.717) is 16.9 Å². The highest BCUT2D eigenvalue weighted by atomic mass is 16.1. The maximum atomic E-state index is 12.3. The van der Waals surface area contributed by atoms with Gasteiger partial charge in [-0.2, -0.15) is 4.98 Å². The summed E-state index contributed by atoms with van der Waals surface area (Å²) in [5.41, 5.74) is 2.70. The maximum Gasteiger partial charge on any atom is 0.258 e. The van der Waals surface area contributed by atoms with Crippen LogP contribution in [0.2, 0.25) is 0 Å². The summed E-state index contributed by atoms with van der Waals surface area (Å²) in [6.07, 6.45) is 1.65. The average molecular weight is 360 g/mol.